The Labute approximate surface area is 232 Å². The molecule has 2 aromatic heterocycles. The van der Waals surface area contributed by atoms with Crippen molar-refractivity contribution in [3.05, 3.63) is 63.1 Å². The summed E-state index contributed by atoms with van der Waals surface area (Å²) >= 11 is 6.99. The minimum Gasteiger partial charge on any atom is -0.345 e. The SMILES string of the molecule is CN1CCc2nc(C(=O)NC(CNC(=O)C(=O)Nc3ccc(Cl)cn3)C(=O)N3C=C(F)C=CC3)sc2C1.Cl. The molecule has 0 saturated carbocycles. The topological polar surface area (TPSA) is 137 Å². The third-order valence-electron chi connectivity index (χ3n) is 5.50. The summed E-state index contributed by atoms with van der Waals surface area (Å²) in [6, 6.07) is 1.61. The Balaban J connectivity index is 0.00000400. The minimum atomic E-state index is -1.29. The van der Waals surface area contributed by atoms with E-state index in [1.165, 1.54) is 41.8 Å². The first kappa shape index (κ1) is 29.2. The molecule has 1 unspecified atom stereocenters. The van der Waals surface area contributed by atoms with Crippen LogP contribution >= 0.6 is 35.3 Å². The number of nitrogens with one attached hydrogen (secondary N) is 3. The summed E-state index contributed by atoms with van der Waals surface area (Å²) in [7, 11) is 1.97. The molecule has 202 valence electrons. The highest BCUT2D eigenvalue weighted by Crippen LogP contribution is 2.24. The van der Waals surface area contributed by atoms with E-state index in [2.05, 4.69) is 30.8 Å². The number of hydrogen-bond acceptors (Lipinski definition) is 8. The van der Waals surface area contributed by atoms with E-state index in [9.17, 15) is 23.6 Å². The van der Waals surface area contributed by atoms with Crippen LogP contribution in [0.25, 0.3) is 0 Å². The molecule has 15 heteroatoms. The van der Waals surface area contributed by atoms with Gasteiger partial charge in [0.2, 0.25) is 0 Å². The zero-order valence-electron chi connectivity index (χ0n) is 20.1. The maximum absolute atomic E-state index is 13.7. The number of aromatic nitrogens is 2. The van der Waals surface area contributed by atoms with Crippen LogP contribution in [0.2, 0.25) is 5.02 Å². The van der Waals surface area contributed by atoms with Crippen LogP contribution in [0.4, 0.5) is 10.2 Å². The van der Waals surface area contributed by atoms with Gasteiger partial charge in [-0.3, -0.25) is 19.2 Å². The Morgan fingerprint density at radius 3 is 2.74 bits per heavy atom. The molecule has 0 aliphatic carbocycles. The molecule has 3 N–H and O–H groups in total. The molecule has 0 saturated heterocycles. The van der Waals surface area contributed by atoms with Crippen LogP contribution in [0.3, 0.4) is 0 Å². The summed E-state index contributed by atoms with van der Waals surface area (Å²) in [5.74, 6) is -3.91. The van der Waals surface area contributed by atoms with Crippen LogP contribution in [-0.2, 0) is 27.3 Å². The van der Waals surface area contributed by atoms with Crippen molar-refractivity contribution >= 4 is 64.8 Å². The van der Waals surface area contributed by atoms with Gasteiger partial charge in [-0.25, -0.2) is 14.4 Å². The fourth-order valence-corrected chi connectivity index (χ4v) is 4.82. The van der Waals surface area contributed by atoms with Crippen molar-refractivity contribution < 1.29 is 23.6 Å². The monoisotopic (exact) mass is 583 g/mol. The number of anilines is 1. The average molecular weight is 584 g/mol. The Bertz CT molecular complexity index is 1290. The molecule has 2 aromatic rings. The van der Waals surface area contributed by atoms with Crippen LogP contribution in [0.1, 0.15) is 20.4 Å². The van der Waals surface area contributed by atoms with E-state index < -0.39 is 42.0 Å². The Morgan fingerprint density at radius 2 is 2.03 bits per heavy atom. The first-order valence-corrected chi connectivity index (χ1v) is 12.4. The van der Waals surface area contributed by atoms with Gasteiger partial charge in [0.25, 0.3) is 11.8 Å². The first-order chi connectivity index (χ1) is 17.7. The number of fused-ring (bicyclic) bond motifs is 1. The number of rotatable bonds is 6. The van der Waals surface area contributed by atoms with E-state index in [1.807, 2.05) is 7.05 Å². The predicted octanol–water partition coefficient (Wildman–Crippen LogP) is 1.66. The molecular weight excluding hydrogens is 560 g/mol. The smallest absolute Gasteiger partial charge is 0.314 e. The number of hydrogen-bond donors (Lipinski definition) is 3. The Morgan fingerprint density at radius 1 is 1.24 bits per heavy atom. The number of carbonyl (C=O) groups is 4. The quantitative estimate of drug-likeness (QED) is 0.440. The molecule has 0 aromatic carbocycles. The number of carbonyl (C=O) groups excluding carboxylic acids is 4. The fraction of sp³-hybridized carbons (Fsp3) is 0.304. The van der Waals surface area contributed by atoms with Gasteiger partial charge in [-0.15, -0.1) is 23.7 Å². The van der Waals surface area contributed by atoms with Crippen molar-refractivity contribution in [3.63, 3.8) is 0 Å². The number of halogens is 3. The normalized spacial score (nSPS) is 15.4. The van der Waals surface area contributed by atoms with Gasteiger partial charge in [0.15, 0.2) is 5.01 Å². The maximum Gasteiger partial charge on any atom is 0.314 e. The Hall–Kier alpha value is -3.39. The molecule has 4 amide bonds. The van der Waals surface area contributed by atoms with Crippen molar-refractivity contribution in [1.82, 2.24) is 30.4 Å². The van der Waals surface area contributed by atoms with Gasteiger partial charge < -0.3 is 25.8 Å². The summed E-state index contributed by atoms with van der Waals surface area (Å²) in [6.45, 7) is 1.14. The van der Waals surface area contributed by atoms with Crippen LogP contribution in [0.5, 0.6) is 0 Å². The molecule has 0 bridgehead atoms. The molecule has 2 aliphatic rings. The van der Waals surface area contributed by atoms with Gasteiger partial charge in [-0.1, -0.05) is 17.7 Å². The maximum atomic E-state index is 13.7. The molecule has 1 atom stereocenters. The molecule has 4 heterocycles. The van der Waals surface area contributed by atoms with Crippen molar-refractivity contribution in [2.45, 2.75) is 19.0 Å². The number of likely N-dealkylation sites (N-methyl/N-ethyl adjacent to an activating group) is 1. The Kier molecular flexibility index (Phi) is 9.91. The molecular formula is C23H24Cl2FN7O4S. The molecule has 38 heavy (non-hydrogen) atoms. The average Bonchev–Trinajstić information content (AvgIpc) is 3.30. The largest absolute Gasteiger partial charge is 0.345 e. The van der Waals surface area contributed by atoms with E-state index in [-0.39, 0.29) is 29.8 Å². The van der Waals surface area contributed by atoms with E-state index in [0.29, 0.717) is 18.0 Å². The van der Waals surface area contributed by atoms with Gasteiger partial charge in [0, 0.05) is 49.9 Å². The van der Waals surface area contributed by atoms with Crippen molar-refractivity contribution in [2.24, 2.45) is 0 Å². The van der Waals surface area contributed by atoms with Crippen LogP contribution in [0.15, 0.2) is 42.5 Å². The lowest BCUT2D eigenvalue weighted by atomic mass is 10.2. The van der Waals surface area contributed by atoms with E-state index in [4.69, 9.17) is 11.6 Å². The van der Waals surface area contributed by atoms with Crippen LogP contribution < -0.4 is 16.0 Å². The molecule has 0 spiro atoms. The predicted molar refractivity (Wildman–Crippen MR) is 142 cm³/mol. The number of thiazole rings is 1. The second-order valence-corrected chi connectivity index (χ2v) is 9.86. The first-order valence-electron chi connectivity index (χ1n) is 11.2. The summed E-state index contributed by atoms with van der Waals surface area (Å²) < 4.78 is 13.7. The lowest BCUT2D eigenvalue weighted by Crippen LogP contribution is -2.54. The molecule has 11 nitrogen and oxygen atoms in total. The molecule has 0 radical (unpaired) electrons. The highest BCUT2D eigenvalue weighted by Gasteiger charge is 2.30. The highest BCUT2D eigenvalue weighted by molar-refractivity contribution is 7.13. The van der Waals surface area contributed by atoms with Crippen LogP contribution in [0, 0.1) is 0 Å². The molecule has 0 fully saturated rings. The summed E-state index contributed by atoms with van der Waals surface area (Å²) in [5.41, 5.74) is 0.836. The second kappa shape index (κ2) is 12.9. The standard InChI is InChI=1S/C23H23ClFN7O4S.ClH/c1-31-8-6-15-17(12-31)37-22(29-15)21(35)28-16(23(36)32-7-2-3-14(25)11-32)10-27-19(33)20(34)30-18-5-4-13(24)9-26-18;/h2-5,9,11,16H,6-8,10,12H2,1H3,(H,27,33)(H,28,35)(H,26,30,34);1H. The molecule has 2 aliphatic heterocycles. The van der Waals surface area contributed by atoms with Crippen LogP contribution in [-0.4, -0.2) is 76.1 Å². The number of nitrogens with zero attached hydrogens (tertiary/aromatic N) is 4. The van der Waals surface area contributed by atoms with Gasteiger partial charge in [0.1, 0.15) is 17.7 Å². The van der Waals surface area contributed by atoms with Crippen molar-refractivity contribution in [1.29, 1.82) is 0 Å². The second-order valence-electron chi connectivity index (χ2n) is 8.34. The number of pyridine rings is 1. The zero-order valence-corrected chi connectivity index (χ0v) is 22.5. The fourth-order valence-electron chi connectivity index (χ4n) is 3.62. The summed E-state index contributed by atoms with van der Waals surface area (Å²) in [5, 5.41) is 7.74. The van der Waals surface area contributed by atoms with Gasteiger partial charge in [0.05, 0.1) is 10.7 Å². The van der Waals surface area contributed by atoms with Gasteiger partial charge in [-0.2, -0.15) is 0 Å². The lowest BCUT2D eigenvalue weighted by Gasteiger charge is -2.25. The minimum absolute atomic E-state index is 0. The van der Waals surface area contributed by atoms with E-state index in [0.717, 1.165) is 28.2 Å². The lowest BCUT2D eigenvalue weighted by molar-refractivity contribution is -0.136. The van der Waals surface area contributed by atoms with Gasteiger partial charge >= 0.3 is 11.8 Å². The van der Waals surface area contributed by atoms with Gasteiger partial charge in [-0.05, 0) is 25.3 Å². The van der Waals surface area contributed by atoms with Crippen molar-refractivity contribution in [2.75, 3.05) is 32.0 Å². The van der Waals surface area contributed by atoms with E-state index in [1.54, 1.807) is 0 Å². The third kappa shape index (κ3) is 7.34. The number of allylic oxidation sites excluding steroid dienone is 2. The summed E-state index contributed by atoms with van der Waals surface area (Å²) in [6.07, 6.45) is 5.66. The highest BCUT2D eigenvalue weighted by atomic mass is 35.5. The zero-order chi connectivity index (χ0) is 26.5. The number of amides is 4. The summed E-state index contributed by atoms with van der Waals surface area (Å²) in [4.78, 5) is 63.2. The third-order valence-corrected chi connectivity index (χ3v) is 6.81. The van der Waals surface area contributed by atoms with Crippen molar-refractivity contribution in [3.8, 4) is 0 Å². The van der Waals surface area contributed by atoms with E-state index >= 15 is 0 Å². The molecule has 4 rings (SSSR count).